The van der Waals surface area contributed by atoms with Gasteiger partial charge < -0.3 is 10.6 Å². The van der Waals surface area contributed by atoms with E-state index in [-0.39, 0.29) is 6.04 Å². The first kappa shape index (κ1) is 19.4. The second-order valence-corrected chi connectivity index (χ2v) is 6.02. The van der Waals surface area contributed by atoms with Crippen LogP contribution in [0.2, 0.25) is 0 Å². The summed E-state index contributed by atoms with van der Waals surface area (Å²) in [5.41, 5.74) is 5.75. The van der Waals surface area contributed by atoms with Crippen LogP contribution < -0.4 is 5.73 Å². The smallest absolute Gasteiger partial charge is 0.222 e. The van der Waals surface area contributed by atoms with Crippen molar-refractivity contribution in [2.24, 2.45) is 5.73 Å². The van der Waals surface area contributed by atoms with Gasteiger partial charge in [0.2, 0.25) is 5.91 Å². The molecule has 0 bridgehead atoms. The molecule has 0 aromatic heterocycles. The molecule has 1 atom stereocenters. The summed E-state index contributed by atoms with van der Waals surface area (Å²) in [4.78, 5) is 14.3. The van der Waals surface area contributed by atoms with Crippen LogP contribution >= 0.6 is 0 Å². The zero-order valence-electron chi connectivity index (χ0n) is 14.0. The number of hydrogen-bond acceptors (Lipinski definition) is 2. The van der Waals surface area contributed by atoms with Gasteiger partial charge in [-0.25, -0.2) is 0 Å². The van der Waals surface area contributed by atoms with Crippen LogP contribution in [-0.4, -0.2) is 29.9 Å². The Labute approximate surface area is 126 Å². The van der Waals surface area contributed by atoms with Crippen LogP contribution in [0.15, 0.2) is 0 Å². The van der Waals surface area contributed by atoms with E-state index in [1.54, 1.807) is 0 Å². The van der Waals surface area contributed by atoms with Crippen molar-refractivity contribution in [1.29, 1.82) is 0 Å². The molecular formula is C17H36N2O. The number of carbonyl (C=O) groups is 1. The first-order chi connectivity index (χ1) is 9.61. The molecule has 2 N–H and O–H groups in total. The summed E-state index contributed by atoms with van der Waals surface area (Å²) in [6.07, 6.45) is 11.2. The molecule has 0 rings (SSSR count). The van der Waals surface area contributed by atoms with Crippen molar-refractivity contribution in [2.75, 3.05) is 13.1 Å². The molecule has 0 fully saturated rings. The molecule has 0 aromatic rings. The highest BCUT2D eigenvalue weighted by Crippen LogP contribution is 2.08. The second kappa shape index (κ2) is 13.4. The summed E-state index contributed by atoms with van der Waals surface area (Å²) in [6.45, 7) is 8.28. The van der Waals surface area contributed by atoms with Crippen molar-refractivity contribution >= 4 is 5.91 Å². The Bertz CT molecular complexity index is 217. The molecule has 120 valence electrons. The summed E-state index contributed by atoms with van der Waals surface area (Å²) in [6, 6.07) is 0.126. The molecule has 20 heavy (non-hydrogen) atoms. The van der Waals surface area contributed by atoms with Gasteiger partial charge in [-0.05, 0) is 26.2 Å². The van der Waals surface area contributed by atoms with Gasteiger partial charge in [-0.15, -0.1) is 0 Å². The van der Waals surface area contributed by atoms with Crippen molar-refractivity contribution < 1.29 is 4.79 Å². The number of amides is 1. The maximum absolute atomic E-state index is 12.2. The number of rotatable bonds is 13. The van der Waals surface area contributed by atoms with E-state index in [0.717, 1.165) is 32.4 Å². The van der Waals surface area contributed by atoms with Crippen LogP contribution in [0, 0.1) is 0 Å². The zero-order valence-corrected chi connectivity index (χ0v) is 14.0. The van der Waals surface area contributed by atoms with Crippen molar-refractivity contribution in [3.8, 4) is 0 Å². The monoisotopic (exact) mass is 284 g/mol. The van der Waals surface area contributed by atoms with Crippen LogP contribution in [0.25, 0.3) is 0 Å². The van der Waals surface area contributed by atoms with E-state index < -0.39 is 0 Å². The topological polar surface area (TPSA) is 46.3 Å². The largest absolute Gasteiger partial charge is 0.343 e. The fourth-order valence-corrected chi connectivity index (χ4v) is 2.33. The number of carbonyl (C=O) groups excluding carboxylic acids is 1. The third-order valence-corrected chi connectivity index (χ3v) is 3.73. The summed E-state index contributed by atoms with van der Waals surface area (Å²) < 4.78 is 0. The SMILES string of the molecule is CCCCCCN(CCCCCC)C(=O)CCC(C)N. The first-order valence-corrected chi connectivity index (χ1v) is 8.65. The molecule has 0 aliphatic heterocycles. The average molecular weight is 284 g/mol. The van der Waals surface area contributed by atoms with E-state index in [9.17, 15) is 4.79 Å². The van der Waals surface area contributed by atoms with Gasteiger partial charge in [-0.2, -0.15) is 0 Å². The van der Waals surface area contributed by atoms with E-state index in [0.29, 0.717) is 12.3 Å². The Kier molecular flexibility index (Phi) is 13.0. The molecular weight excluding hydrogens is 248 g/mol. The lowest BCUT2D eigenvalue weighted by molar-refractivity contribution is -0.131. The summed E-state index contributed by atoms with van der Waals surface area (Å²) in [5, 5.41) is 0. The Morgan fingerprint density at radius 1 is 0.950 bits per heavy atom. The zero-order chi connectivity index (χ0) is 15.2. The lowest BCUT2D eigenvalue weighted by Gasteiger charge is -2.23. The molecule has 0 aromatic carbocycles. The van der Waals surface area contributed by atoms with Gasteiger partial charge in [-0.3, -0.25) is 4.79 Å². The Balaban J connectivity index is 4.04. The van der Waals surface area contributed by atoms with Crippen LogP contribution in [0.3, 0.4) is 0 Å². The van der Waals surface area contributed by atoms with Crippen LogP contribution in [0.1, 0.15) is 85.0 Å². The van der Waals surface area contributed by atoms with E-state index in [1.165, 1.54) is 38.5 Å². The molecule has 3 heteroatoms. The van der Waals surface area contributed by atoms with Gasteiger partial charge in [-0.1, -0.05) is 52.4 Å². The third kappa shape index (κ3) is 11.3. The number of hydrogen-bond donors (Lipinski definition) is 1. The predicted molar refractivity (Wildman–Crippen MR) is 87.7 cm³/mol. The van der Waals surface area contributed by atoms with Gasteiger partial charge >= 0.3 is 0 Å². The van der Waals surface area contributed by atoms with Crippen LogP contribution in [-0.2, 0) is 4.79 Å². The standard InChI is InChI=1S/C17H36N2O/c1-4-6-8-10-14-19(15-11-9-7-5-2)17(20)13-12-16(3)18/h16H,4-15,18H2,1-3H3. The number of nitrogens with zero attached hydrogens (tertiary/aromatic N) is 1. The quantitative estimate of drug-likeness (QED) is 0.517. The third-order valence-electron chi connectivity index (χ3n) is 3.73. The highest BCUT2D eigenvalue weighted by Gasteiger charge is 2.13. The van der Waals surface area contributed by atoms with E-state index in [2.05, 4.69) is 18.7 Å². The Hall–Kier alpha value is -0.570. The normalized spacial score (nSPS) is 12.4. The fourth-order valence-electron chi connectivity index (χ4n) is 2.33. The van der Waals surface area contributed by atoms with E-state index in [4.69, 9.17) is 5.73 Å². The first-order valence-electron chi connectivity index (χ1n) is 8.65. The van der Waals surface area contributed by atoms with Gasteiger partial charge in [0.15, 0.2) is 0 Å². The Morgan fingerprint density at radius 3 is 1.85 bits per heavy atom. The lowest BCUT2D eigenvalue weighted by atomic mass is 10.1. The van der Waals surface area contributed by atoms with Crippen molar-refractivity contribution in [2.45, 2.75) is 91.0 Å². The van der Waals surface area contributed by atoms with Crippen molar-refractivity contribution in [3.63, 3.8) is 0 Å². The molecule has 1 amide bonds. The lowest BCUT2D eigenvalue weighted by Crippen LogP contribution is -2.33. The highest BCUT2D eigenvalue weighted by atomic mass is 16.2. The number of nitrogens with two attached hydrogens (primary N) is 1. The Morgan fingerprint density at radius 2 is 1.45 bits per heavy atom. The molecule has 0 aliphatic carbocycles. The van der Waals surface area contributed by atoms with E-state index >= 15 is 0 Å². The van der Waals surface area contributed by atoms with Crippen LogP contribution in [0.4, 0.5) is 0 Å². The molecule has 0 radical (unpaired) electrons. The molecule has 0 aliphatic rings. The summed E-state index contributed by atoms with van der Waals surface area (Å²) >= 11 is 0. The summed E-state index contributed by atoms with van der Waals surface area (Å²) in [7, 11) is 0. The predicted octanol–water partition coefficient (Wildman–Crippen LogP) is 4.10. The molecule has 0 spiro atoms. The molecule has 0 heterocycles. The van der Waals surface area contributed by atoms with Crippen molar-refractivity contribution in [3.05, 3.63) is 0 Å². The minimum absolute atomic E-state index is 0.126. The minimum atomic E-state index is 0.126. The molecule has 0 saturated carbocycles. The molecule has 1 unspecified atom stereocenters. The van der Waals surface area contributed by atoms with Crippen LogP contribution in [0.5, 0.6) is 0 Å². The maximum atomic E-state index is 12.2. The molecule has 0 saturated heterocycles. The summed E-state index contributed by atoms with van der Waals surface area (Å²) in [5.74, 6) is 0.301. The van der Waals surface area contributed by atoms with Gasteiger partial charge in [0.25, 0.3) is 0 Å². The molecule has 3 nitrogen and oxygen atoms in total. The average Bonchev–Trinajstić information content (AvgIpc) is 2.43. The fraction of sp³-hybridized carbons (Fsp3) is 0.941. The second-order valence-electron chi connectivity index (χ2n) is 6.02. The van der Waals surface area contributed by atoms with Gasteiger partial charge in [0, 0.05) is 25.6 Å². The maximum Gasteiger partial charge on any atom is 0.222 e. The van der Waals surface area contributed by atoms with Gasteiger partial charge in [0.05, 0.1) is 0 Å². The number of unbranched alkanes of at least 4 members (excludes halogenated alkanes) is 6. The van der Waals surface area contributed by atoms with Crippen molar-refractivity contribution in [1.82, 2.24) is 4.90 Å². The minimum Gasteiger partial charge on any atom is -0.343 e. The highest BCUT2D eigenvalue weighted by molar-refractivity contribution is 5.76. The van der Waals surface area contributed by atoms with E-state index in [1.807, 2.05) is 6.92 Å². The van der Waals surface area contributed by atoms with Gasteiger partial charge in [0.1, 0.15) is 0 Å².